The number of hydrogen-bond acceptors (Lipinski definition) is 3. The van der Waals surface area contributed by atoms with Gasteiger partial charge in [-0.05, 0) is 31.7 Å². The lowest BCUT2D eigenvalue weighted by Crippen LogP contribution is -2.48. The first-order valence-corrected chi connectivity index (χ1v) is 9.75. The summed E-state index contributed by atoms with van der Waals surface area (Å²) in [6.07, 6.45) is 1.87. The van der Waals surface area contributed by atoms with Crippen LogP contribution in [0.4, 0.5) is 5.69 Å². The van der Waals surface area contributed by atoms with Gasteiger partial charge in [-0.2, -0.15) is 0 Å². The van der Waals surface area contributed by atoms with Gasteiger partial charge in [0.2, 0.25) is 15.9 Å². The highest BCUT2D eigenvalue weighted by atomic mass is 32.2. The Kier molecular flexibility index (Phi) is 5.18. The Morgan fingerprint density at radius 2 is 1.75 bits per heavy atom. The van der Waals surface area contributed by atoms with Gasteiger partial charge in [-0.3, -0.25) is 9.10 Å². The van der Waals surface area contributed by atoms with E-state index >= 15 is 0 Å². The third-order valence-electron chi connectivity index (χ3n) is 4.08. The van der Waals surface area contributed by atoms with Crippen molar-refractivity contribution in [3.63, 3.8) is 0 Å². The number of rotatable bonds is 6. The maximum atomic E-state index is 12.4. The average Bonchev–Trinajstić information content (AvgIpc) is 2.51. The van der Waals surface area contributed by atoms with Crippen molar-refractivity contribution in [2.24, 2.45) is 0 Å². The molecule has 0 aliphatic rings. The Bertz CT molecular complexity index is 839. The van der Waals surface area contributed by atoms with Gasteiger partial charge >= 0.3 is 0 Å². The van der Waals surface area contributed by atoms with Crippen molar-refractivity contribution in [2.45, 2.75) is 32.7 Å². The second kappa shape index (κ2) is 6.81. The number of amides is 1. The monoisotopic (exact) mass is 348 g/mol. The highest BCUT2D eigenvalue weighted by molar-refractivity contribution is 7.92. The lowest BCUT2D eigenvalue weighted by atomic mass is 10.0. The predicted molar refractivity (Wildman–Crippen MR) is 98.7 cm³/mol. The molecule has 6 heteroatoms. The number of anilines is 1. The molecule has 2 rings (SSSR count). The zero-order valence-electron chi connectivity index (χ0n) is 14.5. The van der Waals surface area contributed by atoms with Crippen molar-refractivity contribution in [3.05, 3.63) is 42.5 Å². The molecule has 2 aromatic carbocycles. The quantitative estimate of drug-likeness (QED) is 0.873. The molecular formula is C18H24N2O3S. The van der Waals surface area contributed by atoms with E-state index in [2.05, 4.69) is 5.32 Å². The molecule has 0 aliphatic carbocycles. The third kappa shape index (κ3) is 4.26. The number of fused-ring (bicyclic) bond motifs is 1. The topological polar surface area (TPSA) is 66.5 Å². The summed E-state index contributed by atoms with van der Waals surface area (Å²) in [5.41, 5.74) is 0.138. The second-order valence-electron chi connectivity index (χ2n) is 6.55. The fourth-order valence-corrected chi connectivity index (χ4v) is 3.31. The number of carbonyl (C=O) groups is 1. The summed E-state index contributed by atoms with van der Waals surface area (Å²) in [5, 5.41) is 4.61. The molecule has 0 heterocycles. The second-order valence-corrected chi connectivity index (χ2v) is 8.46. The van der Waals surface area contributed by atoms with E-state index in [9.17, 15) is 13.2 Å². The molecule has 130 valence electrons. The van der Waals surface area contributed by atoms with E-state index in [1.807, 2.05) is 51.1 Å². The first-order chi connectivity index (χ1) is 11.1. The number of nitrogens with zero attached hydrogens (tertiary/aromatic N) is 1. The molecule has 24 heavy (non-hydrogen) atoms. The summed E-state index contributed by atoms with van der Waals surface area (Å²) in [4.78, 5) is 12.4. The normalized spacial score (nSPS) is 12.2. The Hall–Kier alpha value is -2.08. The molecule has 1 amide bonds. The van der Waals surface area contributed by atoms with Crippen molar-refractivity contribution in [2.75, 3.05) is 17.1 Å². The van der Waals surface area contributed by atoms with E-state index < -0.39 is 10.0 Å². The van der Waals surface area contributed by atoms with Crippen LogP contribution in [0.3, 0.4) is 0 Å². The standard InChI is InChI=1S/C18H24N2O3S/c1-5-18(2,3)19-17(21)13-20(24(4,22)23)16-12-8-10-14-9-6-7-11-15(14)16/h6-12H,5,13H2,1-4H3,(H,19,21). The molecule has 5 nitrogen and oxygen atoms in total. The molecule has 0 radical (unpaired) electrons. The summed E-state index contributed by atoms with van der Waals surface area (Å²) in [6.45, 7) is 5.55. The number of benzene rings is 2. The van der Waals surface area contributed by atoms with E-state index in [0.29, 0.717) is 5.69 Å². The first kappa shape index (κ1) is 18.3. The SMILES string of the molecule is CCC(C)(C)NC(=O)CN(c1cccc2ccccc12)S(C)(=O)=O. The third-order valence-corrected chi connectivity index (χ3v) is 5.21. The highest BCUT2D eigenvalue weighted by Gasteiger charge is 2.25. The van der Waals surface area contributed by atoms with Crippen molar-refractivity contribution in [1.29, 1.82) is 0 Å². The molecule has 0 saturated carbocycles. The molecule has 0 unspecified atom stereocenters. The van der Waals surface area contributed by atoms with Crippen LogP contribution in [0.2, 0.25) is 0 Å². The lowest BCUT2D eigenvalue weighted by molar-refractivity contribution is -0.121. The van der Waals surface area contributed by atoms with Gasteiger partial charge in [0.25, 0.3) is 0 Å². The van der Waals surface area contributed by atoms with Gasteiger partial charge in [0.15, 0.2) is 0 Å². The summed E-state index contributed by atoms with van der Waals surface area (Å²) >= 11 is 0. The van der Waals surface area contributed by atoms with E-state index in [1.165, 1.54) is 0 Å². The molecule has 1 N–H and O–H groups in total. The molecule has 2 aromatic rings. The van der Waals surface area contributed by atoms with Crippen LogP contribution in [0.5, 0.6) is 0 Å². The van der Waals surface area contributed by atoms with Gasteiger partial charge in [0.05, 0.1) is 11.9 Å². The van der Waals surface area contributed by atoms with Crippen molar-refractivity contribution < 1.29 is 13.2 Å². The lowest BCUT2D eigenvalue weighted by Gasteiger charge is -2.28. The van der Waals surface area contributed by atoms with Crippen LogP contribution in [-0.2, 0) is 14.8 Å². The van der Waals surface area contributed by atoms with E-state index in [4.69, 9.17) is 0 Å². The largest absolute Gasteiger partial charge is 0.350 e. The van der Waals surface area contributed by atoms with Crippen LogP contribution < -0.4 is 9.62 Å². The minimum atomic E-state index is -3.59. The Morgan fingerprint density at radius 1 is 1.12 bits per heavy atom. The van der Waals surface area contributed by atoms with Gasteiger partial charge in [0.1, 0.15) is 6.54 Å². The molecule has 0 aliphatic heterocycles. The van der Waals surface area contributed by atoms with Gasteiger partial charge in [-0.15, -0.1) is 0 Å². The summed E-state index contributed by atoms with van der Waals surface area (Å²) in [5.74, 6) is -0.319. The van der Waals surface area contributed by atoms with Crippen molar-refractivity contribution in [3.8, 4) is 0 Å². The molecule has 0 spiro atoms. The molecule has 0 atom stereocenters. The molecular weight excluding hydrogens is 324 g/mol. The van der Waals surface area contributed by atoms with Crippen LogP contribution in [0.15, 0.2) is 42.5 Å². The molecule has 0 saturated heterocycles. The minimum Gasteiger partial charge on any atom is -0.350 e. The number of carbonyl (C=O) groups excluding carboxylic acids is 1. The molecule has 0 bridgehead atoms. The number of sulfonamides is 1. The fourth-order valence-electron chi connectivity index (χ4n) is 2.44. The minimum absolute atomic E-state index is 0.240. The summed E-state index contributed by atoms with van der Waals surface area (Å²) in [7, 11) is -3.59. The van der Waals surface area contributed by atoms with Crippen molar-refractivity contribution in [1.82, 2.24) is 5.32 Å². The number of hydrogen-bond donors (Lipinski definition) is 1. The van der Waals surface area contributed by atoms with Crippen LogP contribution in [0, 0.1) is 0 Å². The van der Waals surface area contributed by atoms with Gasteiger partial charge in [-0.1, -0.05) is 43.3 Å². The van der Waals surface area contributed by atoms with Gasteiger partial charge < -0.3 is 5.32 Å². The van der Waals surface area contributed by atoms with Crippen LogP contribution in [0.1, 0.15) is 27.2 Å². The van der Waals surface area contributed by atoms with E-state index in [1.54, 1.807) is 12.1 Å². The van der Waals surface area contributed by atoms with E-state index in [0.717, 1.165) is 27.8 Å². The van der Waals surface area contributed by atoms with Crippen LogP contribution in [-0.4, -0.2) is 32.7 Å². The average molecular weight is 348 g/mol. The van der Waals surface area contributed by atoms with Crippen LogP contribution in [0.25, 0.3) is 10.8 Å². The van der Waals surface area contributed by atoms with E-state index in [-0.39, 0.29) is 18.0 Å². The van der Waals surface area contributed by atoms with Gasteiger partial charge in [-0.25, -0.2) is 8.42 Å². The summed E-state index contributed by atoms with van der Waals surface area (Å²) < 4.78 is 25.7. The van der Waals surface area contributed by atoms with Crippen molar-refractivity contribution >= 4 is 32.4 Å². The maximum absolute atomic E-state index is 12.4. The highest BCUT2D eigenvalue weighted by Crippen LogP contribution is 2.28. The zero-order chi connectivity index (χ0) is 18.0. The first-order valence-electron chi connectivity index (χ1n) is 7.90. The predicted octanol–water partition coefficient (Wildman–Crippen LogP) is 2.91. The van der Waals surface area contributed by atoms with Crippen LogP contribution >= 0.6 is 0 Å². The fraction of sp³-hybridized carbons (Fsp3) is 0.389. The Balaban J connectivity index is 2.41. The zero-order valence-corrected chi connectivity index (χ0v) is 15.4. The molecule has 0 aromatic heterocycles. The Morgan fingerprint density at radius 3 is 2.38 bits per heavy atom. The smallest absolute Gasteiger partial charge is 0.241 e. The Labute approximate surface area is 143 Å². The molecule has 0 fully saturated rings. The van der Waals surface area contributed by atoms with Gasteiger partial charge in [0, 0.05) is 10.9 Å². The number of nitrogens with one attached hydrogen (secondary N) is 1. The summed E-state index contributed by atoms with van der Waals surface area (Å²) in [6, 6.07) is 13.0. The maximum Gasteiger partial charge on any atom is 0.241 e.